The van der Waals surface area contributed by atoms with Crippen molar-refractivity contribution >= 4 is 45.6 Å². The lowest BCUT2D eigenvalue weighted by atomic mass is 10.1. The van der Waals surface area contributed by atoms with E-state index in [-0.39, 0.29) is 5.91 Å². The lowest BCUT2D eigenvalue weighted by Gasteiger charge is -2.07. The van der Waals surface area contributed by atoms with E-state index in [0.717, 1.165) is 11.4 Å². The number of nitrogens with zero attached hydrogens (tertiary/aromatic N) is 2. The molecule has 2 rings (SSSR count). The van der Waals surface area contributed by atoms with Crippen LogP contribution in [0.3, 0.4) is 0 Å². The monoisotopic (exact) mass is 387 g/mol. The third-order valence-corrected chi connectivity index (χ3v) is 4.39. The number of carbonyl (C=O) groups is 1. The molecule has 1 aromatic heterocycles. The van der Waals surface area contributed by atoms with Gasteiger partial charge in [-0.3, -0.25) is 4.79 Å². The van der Waals surface area contributed by atoms with Gasteiger partial charge in [-0.05, 0) is 30.5 Å². The van der Waals surface area contributed by atoms with Gasteiger partial charge in [0.15, 0.2) is 0 Å². The van der Waals surface area contributed by atoms with Crippen molar-refractivity contribution in [3.05, 3.63) is 33.3 Å². The zero-order chi connectivity index (χ0) is 17.5. The average molecular weight is 388 g/mol. The first kappa shape index (κ1) is 19.0. The molecule has 0 saturated heterocycles. The van der Waals surface area contributed by atoms with E-state index in [9.17, 15) is 4.79 Å². The number of anilines is 1. The van der Waals surface area contributed by atoms with Gasteiger partial charge in [-0.15, -0.1) is 10.2 Å². The van der Waals surface area contributed by atoms with Crippen molar-refractivity contribution in [1.29, 1.82) is 0 Å². The van der Waals surface area contributed by atoms with Crippen molar-refractivity contribution < 1.29 is 9.53 Å². The number of carbonyl (C=O) groups excluding carboxylic acids is 1. The van der Waals surface area contributed by atoms with Gasteiger partial charge in [0.1, 0.15) is 10.8 Å². The van der Waals surface area contributed by atoms with Crippen molar-refractivity contribution in [3.63, 3.8) is 0 Å². The lowest BCUT2D eigenvalue weighted by Crippen LogP contribution is -2.12. The molecule has 24 heavy (non-hydrogen) atoms. The number of hydrogen-bond donors (Lipinski definition) is 1. The Bertz CT molecular complexity index is 692. The van der Waals surface area contributed by atoms with E-state index in [1.807, 2.05) is 0 Å². The highest BCUT2D eigenvalue weighted by atomic mass is 35.5. The van der Waals surface area contributed by atoms with E-state index >= 15 is 0 Å². The summed E-state index contributed by atoms with van der Waals surface area (Å²) in [4.78, 5) is 11.9. The maximum absolute atomic E-state index is 11.9. The molecule has 0 aliphatic rings. The summed E-state index contributed by atoms with van der Waals surface area (Å²) >= 11 is 13.3. The largest absolute Gasteiger partial charge is 0.492 e. The molecule has 2 aromatic rings. The number of hydrogen-bond acceptors (Lipinski definition) is 5. The van der Waals surface area contributed by atoms with E-state index in [4.69, 9.17) is 27.9 Å². The number of nitrogens with one attached hydrogen (secondary N) is 1. The first-order valence-corrected chi connectivity index (χ1v) is 9.21. The molecule has 0 atom stereocenters. The van der Waals surface area contributed by atoms with E-state index in [1.165, 1.54) is 11.3 Å². The molecule has 0 unspecified atom stereocenters. The normalized spacial score (nSPS) is 10.9. The zero-order valence-corrected chi connectivity index (χ0v) is 15.8. The number of ether oxygens (including phenoxy) is 1. The van der Waals surface area contributed by atoms with Gasteiger partial charge in [0.25, 0.3) is 0 Å². The number of benzene rings is 1. The lowest BCUT2D eigenvalue weighted by molar-refractivity contribution is -0.116. The van der Waals surface area contributed by atoms with Gasteiger partial charge in [0.2, 0.25) is 11.0 Å². The van der Waals surface area contributed by atoms with Crippen molar-refractivity contribution in [2.75, 3.05) is 11.9 Å². The molecule has 1 aromatic carbocycles. The highest BCUT2D eigenvalue weighted by Gasteiger charge is 2.09. The zero-order valence-electron chi connectivity index (χ0n) is 13.5. The standard InChI is InChI=1S/C16H19Cl2N3O2S/c1-10(2)8-15-20-21-16(24-15)19-14(22)4-3-7-23-13-6-5-11(17)9-12(13)18/h5-6,9-10H,3-4,7-8H2,1-2H3,(H,19,21,22). The summed E-state index contributed by atoms with van der Waals surface area (Å²) in [5, 5.41) is 13.3. The van der Waals surface area contributed by atoms with Gasteiger partial charge in [-0.1, -0.05) is 48.4 Å². The molecule has 0 aliphatic heterocycles. The first-order valence-electron chi connectivity index (χ1n) is 7.64. The van der Waals surface area contributed by atoms with E-state index < -0.39 is 0 Å². The number of aromatic nitrogens is 2. The molecule has 130 valence electrons. The Labute approximate surface area is 155 Å². The van der Waals surface area contributed by atoms with E-state index in [1.54, 1.807) is 18.2 Å². The van der Waals surface area contributed by atoms with Crippen LogP contribution in [0.25, 0.3) is 0 Å². The van der Waals surface area contributed by atoms with Gasteiger partial charge in [-0.25, -0.2) is 0 Å². The second-order valence-corrected chi connectivity index (χ2v) is 7.58. The van der Waals surface area contributed by atoms with Crippen LogP contribution in [0.1, 0.15) is 31.7 Å². The number of rotatable bonds is 8. The van der Waals surface area contributed by atoms with Crippen LogP contribution in [0.2, 0.25) is 10.0 Å². The van der Waals surface area contributed by atoms with Crippen LogP contribution in [0.15, 0.2) is 18.2 Å². The Morgan fingerprint density at radius 2 is 2.12 bits per heavy atom. The SMILES string of the molecule is CC(C)Cc1nnc(NC(=O)CCCOc2ccc(Cl)cc2Cl)s1. The minimum Gasteiger partial charge on any atom is -0.492 e. The van der Waals surface area contributed by atoms with Gasteiger partial charge < -0.3 is 10.1 Å². The highest BCUT2D eigenvalue weighted by molar-refractivity contribution is 7.15. The fourth-order valence-electron chi connectivity index (χ4n) is 1.92. The molecule has 0 spiro atoms. The third kappa shape index (κ3) is 6.26. The molecule has 0 fully saturated rings. The van der Waals surface area contributed by atoms with Gasteiger partial charge in [0, 0.05) is 17.9 Å². The molecule has 5 nitrogen and oxygen atoms in total. The fourth-order valence-corrected chi connectivity index (χ4v) is 3.36. The third-order valence-electron chi connectivity index (χ3n) is 3.00. The van der Waals surface area contributed by atoms with Crippen LogP contribution in [-0.2, 0) is 11.2 Å². The molecule has 1 heterocycles. The first-order chi connectivity index (χ1) is 11.4. The second-order valence-electron chi connectivity index (χ2n) is 5.67. The minimum absolute atomic E-state index is 0.104. The molecule has 0 aliphatic carbocycles. The summed E-state index contributed by atoms with van der Waals surface area (Å²) in [6.07, 6.45) is 1.77. The summed E-state index contributed by atoms with van der Waals surface area (Å²) in [5.41, 5.74) is 0. The van der Waals surface area contributed by atoms with Crippen LogP contribution in [0.5, 0.6) is 5.75 Å². The molecule has 1 amide bonds. The smallest absolute Gasteiger partial charge is 0.226 e. The maximum Gasteiger partial charge on any atom is 0.226 e. The van der Waals surface area contributed by atoms with Crippen LogP contribution in [0.4, 0.5) is 5.13 Å². The van der Waals surface area contributed by atoms with Crippen LogP contribution in [0, 0.1) is 5.92 Å². The highest BCUT2D eigenvalue weighted by Crippen LogP contribution is 2.27. The Kier molecular flexibility index (Phi) is 7.27. The van der Waals surface area contributed by atoms with Gasteiger partial charge in [-0.2, -0.15) is 0 Å². The molecule has 8 heteroatoms. The molecule has 0 radical (unpaired) electrons. The molecule has 0 bridgehead atoms. The Hall–Kier alpha value is -1.37. The summed E-state index contributed by atoms with van der Waals surface area (Å²) in [5.74, 6) is 0.968. The summed E-state index contributed by atoms with van der Waals surface area (Å²) in [7, 11) is 0. The average Bonchev–Trinajstić information content (AvgIpc) is 2.91. The van der Waals surface area contributed by atoms with Crippen molar-refractivity contribution in [3.8, 4) is 5.75 Å². The second kappa shape index (κ2) is 9.20. The topological polar surface area (TPSA) is 64.1 Å². The van der Waals surface area contributed by atoms with E-state index in [2.05, 4.69) is 29.4 Å². The maximum atomic E-state index is 11.9. The van der Waals surface area contributed by atoms with Gasteiger partial charge in [0.05, 0.1) is 11.6 Å². The number of halogens is 2. The predicted octanol–water partition coefficient (Wildman–Crippen LogP) is 4.84. The van der Waals surface area contributed by atoms with Gasteiger partial charge >= 0.3 is 0 Å². The molecular formula is C16H19Cl2N3O2S. The van der Waals surface area contributed by atoms with E-state index in [0.29, 0.717) is 46.3 Å². The van der Waals surface area contributed by atoms with Crippen molar-refractivity contribution in [1.82, 2.24) is 10.2 Å². The summed E-state index contributed by atoms with van der Waals surface area (Å²) < 4.78 is 5.54. The predicted molar refractivity (Wildman–Crippen MR) is 98.3 cm³/mol. The Morgan fingerprint density at radius 1 is 1.33 bits per heavy atom. The fraction of sp³-hybridized carbons (Fsp3) is 0.438. The van der Waals surface area contributed by atoms with Crippen molar-refractivity contribution in [2.45, 2.75) is 33.1 Å². The Balaban J connectivity index is 1.70. The van der Waals surface area contributed by atoms with Crippen LogP contribution >= 0.6 is 34.5 Å². The minimum atomic E-state index is -0.104. The molecule has 1 N–H and O–H groups in total. The van der Waals surface area contributed by atoms with Crippen LogP contribution < -0.4 is 10.1 Å². The summed E-state index contributed by atoms with van der Waals surface area (Å²) in [6, 6.07) is 5.04. The Morgan fingerprint density at radius 3 is 2.83 bits per heavy atom. The number of amides is 1. The molecule has 0 saturated carbocycles. The quantitative estimate of drug-likeness (QED) is 0.657. The van der Waals surface area contributed by atoms with Crippen molar-refractivity contribution in [2.24, 2.45) is 5.92 Å². The van der Waals surface area contributed by atoms with Crippen LogP contribution in [-0.4, -0.2) is 22.7 Å². The summed E-state index contributed by atoms with van der Waals surface area (Å²) in [6.45, 7) is 4.63. The molecular weight excluding hydrogens is 369 g/mol.